The average Bonchev–Trinajstić information content (AvgIpc) is 2.50. The number of halogens is 1. The smallest absolute Gasteiger partial charge is 0.146 e. The molecule has 1 saturated heterocycles. The molecule has 0 atom stereocenters. The van der Waals surface area contributed by atoms with E-state index in [0.717, 1.165) is 25.2 Å². The fourth-order valence-corrected chi connectivity index (χ4v) is 1.96. The van der Waals surface area contributed by atoms with Crippen molar-refractivity contribution >= 4 is 17.4 Å². The molecular formula is C10H14ClN3O. The lowest BCUT2D eigenvalue weighted by Crippen LogP contribution is -2.35. The predicted molar refractivity (Wildman–Crippen MR) is 57.7 cm³/mol. The van der Waals surface area contributed by atoms with Crippen molar-refractivity contribution in [1.29, 1.82) is 0 Å². The van der Waals surface area contributed by atoms with Crippen LogP contribution in [0.4, 0.5) is 0 Å². The summed E-state index contributed by atoms with van der Waals surface area (Å²) < 4.78 is 1.85. The first kappa shape index (κ1) is 10.6. The molecule has 15 heavy (non-hydrogen) atoms. The fourth-order valence-electron chi connectivity index (χ4n) is 1.81. The first-order valence-electron chi connectivity index (χ1n) is 5.07. The van der Waals surface area contributed by atoms with Gasteiger partial charge in [-0.25, -0.2) is 4.98 Å². The summed E-state index contributed by atoms with van der Waals surface area (Å²) in [5.74, 6) is 1.23. The maximum atomic E-state index is 11.3. The normalized spacial score (nSPS) is 18.4. The number of ketones is 1. The second-order valence-corrected chi connectivity index (χ2v) is 4.30. The minimum absolute atomic E-state index is 0.321. The van der Waals surface area contributed by atoms with Crippen LogP contribution in [0.5, 0.6) is 0 Å². The van der Waals surface area contributed by atoms with Gasteiger partial charge in [0, 0.05) is 13.5 Å². The van der Waals surface area contributed by atoms with Crippen LogP contribution in [0.25, 0.3) is 0 Å². The number of carbonyl (C=O) groups is 1. The minimum atomic E-state index is 0.321. The molecule has 2 rings (SSSR count). The van der Waals surface area contributed by atoms with Gasteiger partial charge in [0.05, 0.1) is 19.3 Å². The van der Waals surface area contributed by atoms with Crippen molar-refractivity contribution in [2.24, 2.45) is 7.05 Å². The summed E-state index contributed by atoms with van der Waals surface area (Å²) in [5.41, 5.74) is 0. The molecule has 1 aromatic heterocycles. The third kappa shape index (κ3) is 2.38. The highest BCUT2D eigenvalue weighted by atomic mass is 35.5. The molecule has 1 fully saturated rings. The van der Waals surface area contributed by atoms with E-state index in [9.17, 15) is 4.79 Å². The van der Waals surface area contributed by atoms with Crippen molar-refractivity contribution in [3.63, 3.8) is 0 Å². The molecule has 0 N–H and O–H groups in total. The molecule has 1 aromatic rings. The van der Waals surface area contributed by atoms with E-state index in [1.165, 1.54) is 0 Å². The number of nitrogens with zero attached hydrogens (tertiary/aromatic N) is 3. The Morgan fingerprint density at radius 3 is 3.00 bits per heavy atom. The van der Waals surface area contributed by atoms with Gasteiger partial charge >= 0.3 is 0 Å². The maximum Gasteiger partial charge on any atom is 0.146 e. The van der Waals surface area contributed by atoms with E-state index in [4.69, 9.17) is 11.6 Å². The summed E-state index contributed by atoms with van der Waals surface area (Å²) in [4.78, 5) is 17.6. The highest BCUT2D eigenvalue weighted by molar-refractivity contribution is 6.29. The van der Waals surface area contributed by atoms with Crippen LogP contribution in [0.3, 0.4) is 0 Å². The molecule has 0 bridgehead atoms. The first-order chi connectivity index (χ1) is 7.16. The Hall–Kier alpha value is -0.870. The summed E-state index contributed by atoms with van der Waals surface area (Å²) in [6.45, 7) is 2.22. The van der Waals surface area contributed by atoms with E-state index >= 15 is 0 Å². The largest absolute Gasteiger partial charge is 0.321 e. The van der Waals surface area contributed by atoms with Gasteiger partial charge in [-0.1, -0.05) is 11.6 Å². The van der Waals surface area contributed by atoms with Gasteiger partial charge < -0.3 is 4.57 Å². The number of likely N-dealkylation sites (tertiary alicyclic amines) is 1. The monoisotopic (exact) mass is 227 g/mol. The molecule has 1 aliphatic rings. The summed E-state index contributed by atoms with van der Waals surface area (Å²) >= 11 is 5.89. The van der Waals surface area contributed by atoms with E-state index in [-0.39, 0.29) is 0 Å². The number of hydrogen-bond donors (Lipinski definition) is 0. The van der Waals surface area contributed by atoms with Crippen LogP contribution in [0, 0.1) is 0 Å². The van der Waals surface area contributed by atoms with E-state index in [2.05, 4.69) is 9.88 Å². The topological polar surface area (TPSA) is 38.1 Å². The molecule has 0 radical (unpaired) electrons. The number of imidazole rings is 1. The number of rotatable bonds is 2. The lowest BCUT2D eigenvalue weighted by atomic mass is 10.1. The molecule has 5 heteroatoms. The van der Waals surface area contributed by atoms with E-state index in [1.54, 1.807) is 6.20 Å². The number of aromatic nitrogens is 2. The van der Waals surface area contributed by atoms with Crippen molar-refractivity contribution in [3.05, 3.63) is 17.2 Å². The summed E-state index contributed by atoms with van der Waals surface area (Å²) in [6, 6.07) is 0. The summed E-state index contributed by atoms with van der Waals surface area (Å²) in [6.07, 6.45) is 3.32. The number of carbonyl (C=O) groups excluding carboxylic acids is 1. The molecule has 0 unspecified atom stereocenters. The molecule has 0 spiro atoms. The van der Waals surface area contributed by atoms with Crippen LogP contribution in [0.15, 0.2) is 6.20 Å². The van der Waals surface area contributed by atoms with Crippen LogP contribution in [0.1, 0.15) is 18.7 Å². The van der Waals surface area contributed by atoms with Crippen molar-refractivity contribution < 1.29 is 4.79 Å². The lowest BCUT2D eigenvalue weighted by Gasteiger charge is -2.24. The standard InChI is InChI=1S/C10H14ClN3O/c1-13-9(11)5-12-10(13)7-14-4-2-3-8(15)6-14/h5H,2-4,6-7H2,1H3. The molecule has 0 aromatic carbocycles. The fraction of sp³-hybridized carbons (Fsp3) is 0.600. The van der Waals surface area contributed by atoms with Gasteiger partial charge in [0.2, 0.25) is 0 Å². The average molecular weight is 228 g/mol. The van der Waals surface area contributed by atoms with Gasteiger partial charge in [0.25, 0.3) is 0 Å². The quantitative estimate of drug-likeness (QED) is 0.763. The third-order valence-electron chi connectivity index (χ3n) is 2.72. The Morgan fingerprint density at radius 2 is 2.40 bits per heavy atom. The van der Waals surface area contributed by atoms with Crippen LogP contribution < -0.4 is 0 Å². The van der Waals surface area contributed by atoms with Gasteiger partial charge in [0.1, 0.15) is 16.8 Å². The van der Waals surface area contributed by atoms with Crippen molar-refractivity contribution in [3.8, 4) is 0 Å². The second kappa shape index (κ2) is 4.33. The third-order valence-corrected chi connectivity index (χ3v) is 3.07. The predicted octanol–water partition coefficient (Wildman–Crippen LogP) is 1.24. The SMILES string of the molecule is Cn1c(Cl)cnc1CN1CCCC(=O)C1. The Kier molecular flexibility index (Phi) is 3.07. The zero-order valence-electron chi connectivity index (χ0n) is 8.74. The number of hydrogen-bond acceptors (Lipinski definition) is 3. The van der Waals surface area contributed by atoms with Crippen LogP contribution >= 0.6 is 11.6 Å². The van der Waals surface area contributed by atoms with Crippen molar-refractivity contribution in [1.82, 2.24) is 14.5 Å². The Morgan fingerprint density at radius 1 is 1.60 bits per heavy atom. The molecule has 0 saturated carbocycles. The zero-order chi connectivity index (χ0) is 10.8. The molecule has 0 amide bonds. The van der Waals surface area contributed by atoms with E-state index in [0.29, 0.717) is 24.0 Å². The molecule has 1 aliphatic heterocycles. The summed E-state index contributed by atoms with van der Waals surface area (Å²) in [5, 5.41) is 0.633. The molecule has 82 valence electrons. The van der Waals surface area contributed by atoms with Crippen molar-refractivity contribution in [2.75, 3.05) is 13.1 Å². The van der Waals surface area contributed by atoms with Gasteiger partial charge in [-0.2, -0.15) is 0 Å². The van der Waals surface area contributed by atoms with Gasteiger partial charge in [0.15, 0.2) is 0 Å². The Balaban J connectivity index is 2.02. The Bertz CT molecular complexity index is 375. The van der Waals surface area contributed by atoms with E-state index < -0.39 is 0 Å². The van der Waals surface area contributed by atoms with Crippen LogP contribution in [0.2, 0.25) is 5.15 Å². The second-order valence-electron chi connectivity index (χ2n) is 3.91. The molecule has 4 nitrogen and oxygen atoms in total. The van der Waals surface area contributed by atoms with Crippen LogP contribution in [-0.4, -0.2) is 33.3 Å². The molecule has 2 heterocycles. The highest BCUT2D eigenvalue weighted by Crippen LogP contribution is 2.13. The Labute approximate surface area is 93.8 Å². The molecule has 0 aliphatic carbocycles. The first-order valence-corrected chi connectivity index (χ1v) is 5.45. The number of piperidine rings is 1. The van der Waals surface area contributed by atoms with Crippen LogP contribution in [-0.2, 0) is 18.4 Å². The zero-order valence-corrected chi connectivity index (χ0v) is 9.50. The minimum Gasteiger partial charge on any atom is -0.321 e. The van der Waals surface area contributed by atoms with Gasteiger partial charge in [-0.15, -0.1) is 0 Å². The molecular weight excluding hydrogens is 214 g/mol. The van der Waals surface area contributed by atoms with Gasteiger partial charge in [-0.3, -0.25) is 9.69 Å². The highest BCUT2D eigenvalue weighted by Gasteiger charge is 2.18. The summed E-state index contributed by atoms with van der Waals surface area (Å²) in [7, 11) is 1.89. The lowest BCUT2D eigenvalue weighted by molar-refractivity contribution is -0.122. The van der Waals surface area contributed by atoms with Crippen molar-refractivity contribution in [2.45, 2.75) is 19.4 Å². The van der Waals surface area contributed by atoms with E-state index in [1.807, 2.05) is 11.6 Å². The number of Topliss-reactive ketones (excluding diaryl/α,β-unsaturated/α-hetero) is 1. The van der Waals surface area contributed by atoms with Gasteiger partial charge in [-0.05, 0) is 13.0 Å². The maximum absolute atomic E-state index is 11.3.